The predicted octanol–water partition coefficient (Wildman–Crippen LogP) is 1.40. The van der Waals surface area contributed by atoms with Crippen molar-refractivity contribution >= 4 is 11.8 Å². The van der Waals surface area contributed by atoms with E-state index >= 15 is 0 Å². The molecule has 1 fully saturated rings. The van der Waals surface area contributed by atoms with Gasteiger partial charge in [0.15, 0.2) is 0 Å². The highest BCUT2D eigenvalue weighted by molar-refractivity contribution is 5.92. The largest absolute Gasteiger partial charge is 0.332 e. The van der Waals surface area contributed by atoms with E-state index in [1.807, 2.05) is 20.8 Å². The third-order valence-corrected chi connectivity index (χ3v) is 3.38. The molecule has 5 heteroatoms. The van der Waals surface area contributed by atoms with Crippen LogP contribution in [0.4, 0.5) is 0 Å². The zero-order chi connectivity index (χ0) is 14.5. The van der Waals surface area contributed by atoms with Crippen molar-refractivity contribution in [3.8, 4) is 6.07 Å². The molecule has 0 N–H and O–H groups in total. The molecule has 2 amide bonds. The average molecular weight is 265 g/mol. The van der Waals surface area contributed by atoms with Crippen molar-refractivity contribution in [2.24, 2.45) is 5.41 Å². The van der Waals surface area contributed by atoms with Gasteiger partial charge in [0.2, 0.25) is 11.8 Å². The summed E-state index contributed by atoms with van der Waals surface area (Å²) < 4.78 is 0. The van der Waals surface area contributed by atoms with Gasteiger partial charge in [-0.25, -0.2) is 0 Å². The van der Waals surface area contributed by atoms with Crippen LogP contribution in [0.25, 0.3) is 0 Å². The average Bonchev–Trinajstić information content (AvgIpc) is 2.35. The van der Waals surface area contributed by atoms with Crippen molar-refractivity contribution in [1.29, 1.82) is 5.26 Å². The molecule has 0 aromatic rings. The lowest BCUT2D eigenvalue weighted by Gasteiger charge is -2.34. The second kappa shape index (κ2) is 6.55. The summed E-state index contributed by atoms with van der Waals surface area (Å²) >= 11 is 0. The van der Waals surface area contributed by atoms with Gasteiger partial charge in [-0.05, 0) is 33.1 Å². The molecular formula is C14H23N3O2. The summed E-state index contributed by atoms with van der Waals surface area (Å²) in [6.45, 7) is 7.38. The summed E-state index contributed by atoms with van der Waals surface area (Å²) in [6.07, 6.45) is 2.36. The Balaban J connectivity index is 2.43. The van der Waals surface area contributed by atoms with E-state index in [-0.39, 0.29) is 30.3 Å². The summed E-state index contributed by atoms with van der Waals surface area (Å²) in [7, 11) is 0. The molecule has 0 saturated carbocycles. The van der Waals surface area contributed by atoms with Gasteiger partial charge in [0.1, 0.15) is 0 Å². The van der Waals surface area contributed by atoms with Crippen molar-refractivity contribution in [3.05, 3.63) is 0 Å². The molecule has 0 atom stereocenters. The minimum atomic E-state index is -0.364. The molecule has 1 saturated heterocycles. The summed E-state index contributed by atoms with van der Waals surface area (Å²) in [4.78, 5) is 27.0. The van der Waals surface area contributed by atoms with E-state index in [1.165, 1.54) is 0 Å². The van der Waals surface area contributed by atoms with Gasteiger partial charge in [0.25, 0.3) is 0 Å². The van der Waals surface area contributed by atoms with E-state index in [0.29, 0.717) is 13.1 Å². The molecule has 106 valence electrons. The van der Waals surface area contributed by atoms with E-state index in [4.69, 9.17) is 5.26 Å². The molecule has 1 heterocycles. The first kappa shape index (κ1) is 15.5. The lowest BCUT2D eigenvalue weighted by atomic mass is 9.90. The van der Waals surface area contributed by atoms with Gasteiger partial charge >= 0.3 is 0 Å². The Kier molecular flexibility index (Phi) is 5.34. The number of nitriles is 1. The third kappa shape index (κ3) is 4.55. The topological polar surface area (TPSA) is 64.4 Å². The Morgan fingerprint density at radius 2 is 1.68 bits per heavy atom. The van der Waals surface area contributed by atoms with E-state index < -0.39 is 0 Å². The van der Waals surface area contributed by atoms with Crippen molar-refractivity contribution in [2.45, 2.75) is 40.0 Å². The zero-order valence-corrected chi connectivity index (χ0v) is 12.1. The van der Waals surface area contributed by atoms with Gasteiger partial charge < -0.3 is 9.80 Å². The molecular weight excluding hydrogens is 242 g/mol. The van der Waals surface area contributed by atoms with E-state index in [0.717, 1.165) is 19.3 Å². The molecule has 0 unspecified atom stereocenters. The first-order chi connectivity index (χ1) is 8.89. The van der Waals surface area contributed by atoms with Gasteiger partial charge in [-0.15, -0.1) is 0 Å². The summed E-state index contributed by atoms with van der Waals surface area (Å²) in [6, 6.07) is 2.24. The van der Waals surface area contributed by atoms with Crippen LogP contribution in [0.2, 0.25) is 0 Å². The highest BCUT2D eigenvalue weighted by atomic mass is 16.2. The number of amides is 2. The van der Waals surface area contributed by atoms with Crippen molar-refractivity contribution < 1.29 is 9.59 Å². The van der Waals surface area contributed by atoms with Crippen molar-refractivity contribution in [3.63, 3.8) is 0 Å². The number of rotatable bonds is 6. The van der Waals surface area contributed by atoms with Gasteiger partial charge in [-0.2, -0.15) is 5.26 Å². The highest BCUT2D eigenvalue weighted by Crippen LogP contribution is 2.21. The Bertz CT molecular complexity index is 385. The fourth-order valence-electron chi connectivity index (χ4n) is 2.15. The second-order valence-corrected chi connectivity index (χ2v) is 5.73. The predicted molar refractivity (Wildman–Crippen MR) is 72.1 cm³/mol. The number of carbonyl (C=O) groups excluding carboxylic acids is 2. The van der Waals surface area contributed by atoms with Gasteiger partial charge in [0.05, 0.1) is 24.6 Å². The third-order valence-electron chi connectivity index (χ3n) is 3.38. The monoisotopic (exact) mass is 265 g/mol. The maximum absolute atomic E-state index is 11.9. The quantitative estimate of drug-likeness (QED) is 0.729. The molecule has 0 bridgehead atoms. The molecule has 19 heavy (non-hydrogen) atoms. The lowest BCUT2D eigenvalue weighted by molar-refractivity contribution is -0.150. The van der Waals surface area contributed by atoms with Crippen LogP contribution in [-0.2, 0) is 9.59 Å². The number of nitrogens with zero attached hydrogens (tertiary/aromatic N) is 3. The summed E-state index contributed by atoms with van der Waals surface area (Å²) in [5, 5.41) is 8.93. The Morgan fingerprint density at radius 3 is 2.16 bits per heavy atom. The van der Waals surface area contributed by atoms with Gasteiger partial charge in [-0.1, -0.05) is 6.92 Å². The normalized spacial score (nSPS) is 16.7. The van der Waals surface area contributed by atoms with Crippen LogP contribution in [0.3, 0.4) is 0 Å². The van der Waals surface area contributed by atoms with Crippen LogP contribution in [0.15, 0.2) is 0 Å². The van der Waals surface area contributed by atoms with Crippen LogP contribution in [-0.4, -0.2) is 47.8 Å². The first-order valence-corrected chi connectivity index (χ1v) is 6.86. The van der Waals surface area contributed by atoms with Crippen LogP contribution in [0, 0.1) is 16.7 Å². The van der Waals surface area contributed by atoms with Gasteiger partial charge in [0, 0.05) is 13.1 Å². The standard InChI is InChI=1S/C14H23N3O2/c1-4-7-16-9-13(19)17(10-12(16)18)8-5-6-14(2,3)11-15/h4-10H2,1-3H3. The SMILES string of the molecule is CCCN1CC(=O)N(CCCC(C)(C)C#N)CC1=O. The molecule has 1 aliphatic heterocycles. The van der Waals surface area contributed by atoms with E-state index in [9.17, 15) is 9.59 Å². The van der Waals surface area contributed by atoms with Crippen molar-refractivity contribution in [2.75, 3.05) is 26.2 Å². The Morgan fingerprint density at radius 1 is 1.16 bits per heavy atom. The molecule has 0 aromatic heterocycles. The second-order valence-electron chi connectivity index (χ2n) is 5.73. The molecule has 0 aliphatic carbocycles. The van der Waals surface area contributed by atoms with E-state index in [2.05, 4.69) is 6.07 Å². The number of hydrogen-bond donors (Lipinski definition) is 0. The van der Waals surface area contributed by atoms with Crippen molar-refractivity contribution in [1.82, 2.24) is 9.80 Å². The number of carbonyl (C=O) groups is 2. The van der Waals surface area contributed by atoms with E-state index in [1.54, 1.807) is 9.80 Å². The molecule has 1 rings (SSSR count). The Hall–Kier alpha value is -1.57. The first-order valence-electron chi connectivity index (χ1n) is 6.86. The zero-order valence-electron chi connectivity index (χ0n) is 12.1. The number of hydrogen-bond acceptors (Lipinski definition) is 3. The molecule has 5 nitrogen and oxygen atoms in total. The highest BCUT2D eigenvalue weighted by Gasteiger charge is 2.29. The lowest BCUT2D eigenvalue weighted by Crippen LogP contribution is -2.54. The maximum Gasteiger partial charge on any atom is 0.242 e. The summed E-state index contributed by atoms with van der Waals surface area (Å²) in [5.41, 5.74) is -0.364. The molecule has 0 aromatic carbocycles. The van der Waals surface area contributed by atoms with Crippen LogP contribution in [0.1, 0.15) is 40.0 Å². The smallest absolute Gasteiger partial charge is 0.242 e. The Labute approximate surface area is 115 Å². The maximum atomic E-state index is 11.9. The fraction of sp³-hybridized carbons (Fsp3) is 0.786. The number of piperazine rings is 1. The van der Waals surface area contributed by atoms with Crippen LogP contribution >= 0.6 is 0 Å². The molecule has 0 spiro atoms. The van der Waals surface area contributed by atoms with Crippen LogP contribution in [0.5, 0.6) is 0 Å². The fourth-order valence-corrected chi connectivity index (χ4v) is 2.15. The molecule has 0 radical (unpaired) electrons. The minimum absolute atomic E-state index is 0.0165. The minimum Gasteiger partial charge on any atom is -0.332 e. The molecule has 1 aliphatic rings. The van der Waals surface area contributed by atoms with Crippen LogP contribution < -0.4 is 0 Å². The summed E-state index contributed by atoms with van der Waals surface area (Å²) in [5.74, 6) is 0.0452. The van der Waals surface area contributed by atoms with Gasteiger partial charge in [-0.3, -0.25) is 9.59 Å².